The first-order valence-electron chi connectivity index (χ1n) is 7.30. The summed E-state index contributed by atoms with van der Waals surface area (Å²) in [7, 11) is 0. The molecule has 0 saturated heterocycles. The molecular weight excluding hydrogens is 262 g/mol. The van der Waals surface area contributed by atoms with E-state index in [1.807, 2.05) is 24.3 Å². The fourth-order valence-electron chi connectivity index (χ4n) is 2.81. The predicted octanol–water partition coefficient (Wildman–Crippen LogP) is 4.54. The van der Waals surface area contributed by atoms with Gasteiger partial charge in [-0.2, -0.15) is 0 Å². The van der Waals surface area contributed by atoms with Gasteiger partial charge in [0, 0.05) is 17.5 Å². The second kappa shape index (κ2) is 4.85. The minimum Gasteiger partial charge on any atom is -0.493 e. The van der Waals surface area contributed by atoms with Crippen LogP contribution in [0.5, 0.6) is 5.75 Å². The third-order valence-corrected chi connectivity index (χ3v) is 3.94. The number of anilines is 1. The maximum Gasteiger partial charge on any atom is 0.134 e. The molecule has 106 valence electrons. The highest BCUT2D eigenvalue weighted by Gasteiger charge is 2.15. The van der Waals surface area contributed by atoms with Crippen molar-refractivity contribution >= 4 is 16.7 Å². The van der Waals surface area contributed by atoms with Gasteiger partial charge < -0.3 is 14.5 Å². The van der Waals surface area contributed by atoms with Crippen molar-refractivity contribution in [3.63, 3.8) is 0 Å². The van der Waals surface area contributed by atoms with E-state index in [1.54, 1.807) is 0 Å². The molecule has 0 bridgehead atoms. The molecular formula is C18H17NO2. The molecule has 1 atom stereocenters. The zero-order valence-electron chi connectivity index (χ0n) is 11.9. The summed E-state index contributed by atoms with van der Waals surface area (Å²) in [6.07, 6.45) is 0.990. The highest BCUT2D eigenvalue weighted by Crippen LogP contribution is 2.30. The van der Waals surface area contributed by atoms with E-state index in [4.69, 9.17) is 9.15 Å². The molecule has 0 amide bonds. The van der Waals surface area contributed by atoms with Crippen molar-refractivity contribution in [1.82, 2.24) is 0 Å². The largest absolute Gasteiger partial charge is 0.493 e. The standard InChI is InChI=1S/C18H17NO2/c1-12(18-11-13-4-2-3-5-17(13)21-18)19-15-6-7-16-14(10-15)8-9-20-16/h2-7,10-12,19H,8-9H2,1H3. The molecule has 1 aliphatic heterocycles. The van der Waals surface area contributed by atoms with E-state index in [9.17, 15) is 0 Å². The first-order chi connectivity index (χ1) is 10.3. The topological polar surface area (TPSA) is 34.4 Å². The van der Waals surface area contributed by atoms with Crippen LogP contribution in [0.4, 0.5) is 5.69 Å². The average molecular weight is 279 g/mol. The van der Waals surface area contributed by atoms with E-state index in [0.717, 1.165) is 41.2 Å². The summed E-state index contributed by atoms with van der Waals surface area (Å²) in [5.41, 5.74) is 3.31. The molecule has 4 rings (SSSR count). The molecule has 3 aromatic rings. The molecule has 0 fully saturated rings. The Morgan fingerprint density at radius 3 is 2.90 bits per heavy atom. The molecule has 2 aromatic carbocycles. The summed E-state index contributed by atoms with van der Waals surface area (Å²) in [5, 5.41) is 4.64. The van der Waals surface area contributed by atoms with Gasteiger partial charge >= 0.3 is 0 Å². The number of benzene rings is 2. The third-order valence-electron chi connectivity index (χ3n) is 3.94. The van der Waals surface area contributed by atoms with Crippen molar-refractivity contribution in [2.24, 2.45) is 0 Å². The molecule has 3 nitrogen and oxygen atoms in total. The van der Waals surface area contributed by atoms with Gasteiger partial charge in [-0.15, -0.1) is 0 Å². The number of hydrogen-bond donors (Lipinski definition) is 1. The van der Waals surface area contributed by atoms with Crippen LogP contribution in [0.2, 0.25) is 0 Å². The lowest BCUT2D eigenvalue weighted by Crippen LogP contribution is -2.05. The Labute approximate surface area is 123 Å². The highest BCUT2D eigenvalue weighted by atomic mass is 16.5. The first-order valence-corrected chi connectivity index (χ1v) is 7.30. The van der Waals surface area contributed by atoms with E-state index in [2.05, 4.69) is 36.5 Å². The number of furan rings is 1. The molecule has 1 N–H and O–H groups in total. The highest BCUT2D eigenvalue weighted by molar-refractivity contribution is 5.77. The second-order valence-corrected chi connectivity index (χ2v) is 5.47. The monoisotopic (exact) mass is 279 g/mol. The normalized spacial score (nSPS) is 14.7. The average Bonchev–Trinajstić information content (AvgIpc) is 3.13. The molecule has 1 aromatic heterocycles. The first kappa shape index (κ1) is 12.3. The molecule has 0 saturated carbocycles. The molecule has 1 unspecified atom stereocenters. The number of para-hydroxylation sites is 1. The maximum atomic E-state index is 5.91. The number of nitrogens with one attached hydrogen (secondary N) is 1. The van der Waals surface area contributed by atoms with E-state index >= 15 is 0 Å². The Kier molecular flexibility index (Phi) is 2.85. The van der Waals surface area contributed by atoms with Gasteiger partial charge in [-0.1, -0.05) is 18.2 Å². The van der Waals surface area contributed by atoms with Crippen LogP contribution in [0.1, 0.15) is 24.3 Å². The van der Waals surface area contributed by atoms with Crippen molar-refractivity contribution in [3.8, 4) is 5.75 Å². The summed E-state index contributed by atoms with van der Waals surface area (Å²) in [4.78, 5) is 0. The molecule has 1 aliphatic rings. The van der Waals surface area contributed by atoms with Crippen molar-refractivity contribution in [3.05, 3.63) is 59.9 Å². The molecule has 3 heteroatoms. The number of ether oxygens (including phenoxy) is 1. The predicted molar refractivity (Wildman–Crippen MR) is 83.9 cm³/mol. The SMILES string of the molecule is CC(Nc1ccc2c(c1)CCO2)c1cc2ccccc2o1. The summed E-state index contributed by atoms with van der Waals surface area (Å²) >= 11 is 0. The Morgan fingerprint density at radius 2 is 2.00 bits per heavy atom. The van der Waals surface area contributed by atoms with E-state index < -0.39 is 0 Å². The quantitative estimate of drug-likeness (QED) is 0.764. The number of fused-ring (bicyclic) bond motifs is 2. The zero-order valence-corrected chi connectivity index (χ0v) is 11.9. The number of hydrogen-bond acceptors (Lipinski definition) is 3. The van der Waals surface area contributed by atoms with Crippen LogP contribution in [0, 0.1) is 0 Å². The molecule has 2 heterocycles. The van der Waals surface area contributed by atoms with Crippen LogP contribution in [-0.4, -0.2) is 6.61 Å². The van der Waals surface area contributed by atoms with Crippen molar-refractivity contribution in [2.75, 3.05) is 11.9 Å². The van der Waals surface area contributed by atoms with Gasteiger partial charge in [-0.3, -0.25) is 0 Å². The van der Waals surface area contributed by atoms with Crippen LogP contribution in [0.15, 0.2) is 52.9 Å². The van der Waals surface area contributed by atoms with Gasteiger partial charge in [0.2, 0.25) is 0 Å². The van der Waals surface area contributed by atoms with Crippen LogP contribution in [-0.2, 0) is 6.42 Å². The van der Waals surface area contributed by atoms with Gasteiger partial charge in [0.05, 0.1) is 12.6 Å². The molecule has 0 radical (unpaired) electrons. The van der Waals surface area contributed by atoms with E-state index in [-0.39, 0.29) is 6.04 Å². The lowest BCUT2D eigenvalue weighted by atomic mass is 10.1. The van der Waals surface area contributed by atoms with Crippen LogP contribution in [0.25, 0.3) is 11.0 Å². The Morgan fingerprint density at radius 1 is 1.10 bits per heavy atom. The smallest absolute Gasteiger partial charge is 0.134 e. The maximum absolute atomic E-state index is 5.91. The van der Waals surface area contributed by atoms with Crippen LogP contribution >= 0.6 is 0 Å². The third kappa shape index (κ3) is 2.25. The van der Waals surface area contributed by atoms with E-state index in [1.165, 1.54) is 5.56 Å². The minimum atomic E-state index is 0.123. The summed E-state index contributed by atoms with van der Waals surface area (Å²) in [5.74, 6) is 1.96. The lowest BCUT2D eigenvalue weighted by Gasteiger charge is -2.13. The fourth-order valence-corrected chi connectivity index (χ4v) is 2.81. The number of rotatable bonds is 3. The molecule has 0 aliphatic carbocycles. The van der Waals surface area contributed by atoms with Gasteiger partial charge in [0.15, 0.2) is 0 Å². The van der Waals surface area contributed by atoms with Crippen molar-refractivity contribution in [1.29, 1.82) is 0 Å². The Hall–Kier alpha value is -2.42. The molecule has 0 spiro atoms. The van der Waals surface area contributed by atoms with Gasteiger partial charge in [0.1, 0.15) is 17.1 Å². The van der Waals surface area contributed by atoms with Gasteiger partial charge in [0.25, 0.3) is 0 Å². The summed E-state index contributed by atoms with van der Waals surface area (Å²) in [6, 6.07) is 16.6. The van der Waals surface area contributed by atoms with Crippen LogP contribution in [0.3, 0.4) is 0 Å². The van der Waals surface area contributed by atoms with E-state index in [0.29, 0.717) is 0 Å². The Balaban J connectivity index is 1.58. The van der Waals surface area contributed by atoms with Crippen molar-refractivity contribution < 1.29 is 9.15 Å². The summed E-state index contributed by atoms with van der Waals surface area (Å²) in [6.45, 7) is 2.90. The van der Waals surface area contributed by atoms with Gasteiger partial charge in [-0.05, 0) is 42.8 Å². The zero-order chi connectivity index (χ0) is 14.2. The lowest BCUT2D eigenvalue weighted by molar-refractivity contribution is 0.357. The fraction of sp³-hybridized carbons (Fsp3) is 0.222. The van der Waals surface area contributed by atoms with Crippen LogP contribution < -0.4 is 10.1 Å². The Bertz CT molecular complexity index is 758. The van der Waals surface area contributed by atoms with Gasteiger partial charge in [-0.25, -0.2) is 0 Å². The minimum absolute atomic E-state index is 0.123. The van der Waals surface area contributed by atoms with Crippen molar-refractivity contribution in [2.45, 2.75) is 19.4 Å². The molecule has 21 heavy (non-hydrogen) atoms. The summed E-state index contributed by atoms with van der Waals surface area (Å²) < 4.78 is 11.4. The second-order valence-electron chi connectivity index (χ2n) is 5.47.